The van der Waals surface area contributed by atoms with E-state index in [1.54, 1.807) is 6.92 Å². The molecule has 0 amide bonds. The molecule has 0 aromatic carbocycles. The van der Waals surface area contributed by atoms with E-state index in [2.05, 4.69) is 0 Å². The van der Waals surface area contributed by atoms with Crippen molar-refractivity contribution in [2.24, 2.45) is 0 Å². The second-order valence-corrected chi connectivity index (χ2v) is 8.87. The highest BCUT2D eigenvalue weighted by Gasteiger charge is 2.53. The maximum Gasteiger partial charge on any atom is 0.268 e. The van der Waals surface area contributed by atoms with Gasteiger partial charge in [0.25, 0.3) is 10.1 Å². The lowest BCUT2D eigenvalue weighted by Crippen LogP contribution is -2.53. The fraction of sp³-hybridized carbons (Fsp3) is 1.00. The van der Waals surface area contributed by atoms with Gasteiger partial charge in [-0.15, -0.1) is 0 Å². The molecule has 2 rings (SSSR count). The fourth-order valence-electron chi connectivity index (χ4n) is 2.28. The Kier molecular flexibility index (Phi) is 3.96. The first-order valence-electron chi connectivity index (χ1n) is 6.32. The van der Waals surface area contributed by atoms with Crippen LogP contribution in [0.25, 0.3) is 0 Å². The Morgan fingerprint density at radius 3 is 1.95 bits per heavy atom. The molecule has 1 saturated heterocycles. The number of nitrogens with zero attached hydrogens (tertiary/aromatic N) is 2. The molecule has 0 unspecified atom stereocenters. The zero-order valence-electron chi connectivity index (χ0n) is 11.2. The molecule has 1 saturated carbocycles. The maximum atomic E-state index is 11.6. The number of piperazine rings is 1. The predicted octanol–water partition coefficient (Wildman–Crippen LogP) is -0.580. The lowest BCUT2D eigenvalue weighted by Gasteiger charge is -2.37. The predicted molar refractivity (Wildman–Crippen MR) is 70.5 cm³/mol. The van der Waals surface area contributed by atoms with Crippen molar-refractivity contribution < 1.29 is 21.0 Å². The van der Waals surface area contributed by atoms with Crippen LogP contribution in [0, 0.1) is 0 Å². The quantitative estimate of drug-likeness (QED) is 0.632. The summed E-state index contributed by atoms with van der Waals surface area (Å²) in [6, 6.07) is 0. The normalized spacial score (nSPS) is 25.4. The van der Waals surface area contributed by atoms with Crippen molar-refractivity contribution in [2.75, 3.05) is 38.2 Å². The van der Waals surface area contributed by atoms with Crippen molar-refractivity contribution in [3.05, 3.63) is 0 Å². The zero-order chi connectivity index (χ0) is 14.3. The van der Waals surface area contributed by atoms with Crippen molar-refractivity contribution in [1.82, 2.24) is 9.21 Å². The third kappa shape index (κ3) is 3.46. The van der Waals surface area contributed by atoms with Gasteiger partial charge < -0.3 is 0 Å². The lowest BCUT2D eigenvalue weighted by molar-refractivity contribution is -0.0125. The summed E-state index contributed by atoms with van der Waals surface area (Å²) in [6.45, 7) is 3.33. The molecular formula is C10H20N2O5S2. The number of sulfonamides is 1. The van der Waals surface area contributed by atoms with E-state index in [4.69, 9.17) is 4.18 Å². The van der Waals surface area contributed by atoms with Crippen LogP contribution in [-0.2, 0) is 24.3 Å². The van der Waals surface area contributed by atoms with Crippen LogP contribution in [-0.4, -0.2) is 70.0 Å². The molecular weight excluding hydrogens is 292 g/mol. The second-order valence-electron chi connectivity index (χ2n) is 5.02. The van der Waals surface area contributed by atoms with Crippen LogP contribution in [0.3, 0.4) is 0 Å². The Morgan fingerprint density at radius 2 is 1.58 bits per heavy atom. The van der Waals surface area contributed by atoms with Crippen LogP contribution in [0.2, 0.25) is 0 Å². The summed E-state index contributed by atoms with van der Waals surface area (Å²) >= 11 is 0. The van der Waals surface area contributed by atoms with E-state index >= 15 is 0 Å². The van der Waals surface area contributed by atoms with Crippen molar-refractivity contribution in [3.8, 4) is 0 Å². The molecule has 0 bridgehead atoms. The van der Waals surface area contributed by atoms with E-state index in [-0.39, 0.29) is 5.75 Å². The number of hydrogen-bond donors (Lipinski definition) is 0. The van der Waals surface area contributed by atoms with Crippen LogP contribution < -0.4 is 0 Å². The molecule has 2 aliphatic rings. The summed E-state index contributed by atoms with van der Waals surface area (Å²) in [6.07, 6.45) is 2.56. The summed E-state index contributed by atoms with van der Waals surface area (Å²) in [5, 5.41) is 0. The first-order chi connectivity index (χ1) is 8.69. The molecule has 0 atom stereocenters. The number of hydrogen-bond acceptors (Lipinski definition) is 6. The van der Waals surface area contributed by atoms with Crippen LogP contribution in [0.1, 0.15) is 19.8 Å². The molecule has 7 nitrogen and oxygen atoms in total. The molecule has 2 fully saturated rings. The third-order valence-corrected chi connectivity index (χ3v) is 6.17. The SMILES string of the molecule is CCS(=O)(=O)OC1(N2CCN(S(C)(=O)=O)CC2)CC1. The highest BCUT2D eigenvalue weighted by atomic mass is 32.2. The Labute approximate surface area is 114 Å². The van der Waals surface area contributed by atoms with E-state index < -0.39 is 25.9 Å². The molecule has 19 heavy (non-hydrogen) atoms. The molecule has 0 N–H and O–H groups in total. The van der Waals surface area contributed by atoms with E-state index in [1.807, 2.05) is 4.90 Å². The van der Waals surface area contributed by atoms with Crippen LogP contribution in [0.4, 0.5) is 0 Å². The fourth-order valence-corrected chi connectivity index (χ4v) is 3.97. The van der Waals surface area contributed by atoms with Gasteiger partial charge in [0.2, 0.25) is 10.0 Å². The van der Waals surface area contributed by atoms with Gasteiger partial charge in [-0.3, -0.25) is 4.90 Å². The first-order valence-corrected chi connectivity index (χ1v) is 9.75. The zero-order valence-corrected chi connectivity index (χ0v) is 12.8. The Morgan fingerprint density at radius 1 is 1.05 bits per heavy atom. The maximum absolute atomic E-state index is 11.6. The second kappa shape index (κ2) is 4.96. The van der Waals surface area contributed by atoms with E-state index in [0.29, 0.717) is 39.0 Å². The van der Waals surface area contributed by atoms with Gasteiger partial charge in [-0.1, -0.05) is 0 Å². The Bertz CT molecular complexity index is 530. The highest BCUT2D eigenvalue weighted by molar-refractivity contribution is 7.88. The van der Waals surface area contributed by atoms with E-state index in [0.717, 1.165) is 0 Å². The minimum absolute atomic E-state index is 0.0436. The van der Waals surface area contributed by atoms with Crippen molar-refractivity contribution in [2.45, 2.75) is 25.5 Å². The van der Waals surface area contributed by atoms with Crippen molar-refractivity contribution >= 4 is 20.1 Å². The summed E-state index contributed by atoms with van der Waals surface area (Å²) in [5.74, 6) is -0.0436. The van der Waals surface area contributed by atoms with Gasteiger partial charge >= 0.3 is 0 Å². The summed E-state index contributed by atoms with van der Waals surface area (Å²) in [4.78, 5) is 1.95. The van der Waals surface area contributed by atoms with E-state index in [9.17, 15) is 16.8 Å². The smallest absolute Gasteiger partial charge is 0.268 e. The molecule has 1 aliphatic carbocycles. The standard InChI is InChI=1S/C10H20N2O5S2/c1-3-19(15,16)17-10(4-5-10)11-6-8-12(9-7-11)18(2,13)14/h3-9H2,1-2H3. The number of rotatable bonds is 5. The minimum Gasteiger partial charge on any atom is -0.272 e. The molecule has 0 aromatic rings. The van der Waals surface area contributed by atoms with E-state index in [1.165, 1.54) is 10.6 Å². The highest BCUT2D eigenvalue weighted by Crippen LogP contribution is 2.44. The summed E-state index contributed by atoms with van der Waals surface area (Å²) in [7, 11) is -6.65. The van der Waals surface area contributed by atoms with Gasteiger partial charge in [0.1, 0.15) is 5.72 Å². The lowest BCUT2D eigenvalue weighted by atomic mass is 10.3. The van der Waals surface area contributed by atoms with Gasteiger partial charge in [-0.2, -0.15) is 12.7 Å². The average Bonchev–Trinajstić information content (AvgIpc) is 3.08. The Hall–Kier alpha value is -0.220. The van der Waals surface area contributed by atoms with Crippen LogP contribution in [0.5, 0.6) is 0 Å². The monoisotopic (exact) mass is 312 g/mol. The molecule has 1 heterocycles. The van der Waals surface area contributed by atoms with Gasteiger partial charge in [0, 0.05) is 26.2 Å². The average molecular weight is 312 g/mol. The minimum atomic E-state index is -3.48. The van der Waals surface area contributed by atoms with Gasteiger partial charge in [-0.05, 0) is 19.8 Å². The summed E-state index contributed by atoms with van der Waals surface area (Å²) in [5.41, 5.74) is -0.710. The van der Waals surface area contributed by atoms with Crippen LogP contribution in [0.15, 0.2) is 0 Å². The topological polar surface area (TPSA) is 84.0 Å². The van der Waals surface area contributed by atoms with Gasteiger partial charge in [0.15, 0.2) is 0 Å². The molecule has 0 spiro atoms. The van der Waals surface area contributed by atoms with Crippen molar-refractivity contribution in [1.29, 1.82) is 0 Å². The molecule has 1 aliphatic heterocycles. The van der Waals surface area contributed by atoms with Crippen molar-refractivity contribution in [3.63, 3.8) is 0 Å². The Balaban J connectivity index is 1.99. The first kappa shape index (κ1) is 15.2. The summed E-state index contributed by atoms with van der Waals surface area (Å²) < 4.78 is 52.6. The third-order valence-electron chi connectivity index (χ3n) is 3.60. The van der Waals surface area contributed by atoms with Gasteiger partial charge in [-0.25, -0.2) is 12.6 Å². The molecule has 112 valence electrons. The molecule has 9 heteroatoms. The van der Waals surface area contributed by atoms with Crippen LogP contribution >= 0.6 is 0 Å². The molecule has 0 radical (unpaired) electrons. The molecule has 0 aromatic heterocycles. The van der Waals surface area contributed by atoms with Gasteiger partial charge in [0.05, 0.1) is 12.0 Å². The largest absolute Gasteiger partial charge is 0.272 e.